The minimum Gasteiger partial charge on any atom is -0.457 e. The van der Waals surface area contributed by atoms with E-state index in [4.69, 9.17) is 22.9 Å². The molecule has 0 bridgehead atoms. The molecule has 0 spiro atoms. The van der Waals surface area contributed by atoms with Crippen LogP contribution in [0.2, 0.25) is 5.02 Å². The summed E-state index contributed by atoms with van der Waals surface area (Å²) in [4.78, 5) is 15.3. The number of alkyl halides is 3. The van der Waals surface area contributed by atoms with Crippen molar-refractivity contribution in [1.29, 1.82) is 0 Å². The number of urea groups is 1. The highest BCUT2D eigenvalue weighted by Gasteiger charge is 2.33. The fourth-order valence-corrected chi connectivity index (χ4v) is 2.89. The predicted octanol–water partition coefficient (Wildman–Crippen LogP) is 7.79. The summed E-state index contributed by atoms with van der Waals surface area (Å²) in [6.07, 6.45) is -4.67. The molecule has 0 saturated carbocycles. The predicted molar refractivity (Wildman–Crippen MR) is 113 cm³/mol. The Hall–Kier alpha value is -3.77. The minimum atomic E-state index is -4.67. The third kappa shape index (κ3) is 5.47. The number of benzene rings is 3. The number of halogens is 5. The number of nitrogens with zero attached hydrogens (tertiary/aromatic N) is 1. The average molecular weight is 464 g/mol. The molecule has 3 aromatic carbocycles. The van der Waals surface area contributed by atoms with E-state index >= 15 is 0 Å². The highest BCUT2D eigenvalue weighted by atomic mass is 35.5. The van der Waals surface area contributed by atoms with E-state index < -0.39 is 28.6 Å². The average Bonchev–Trinajstić information content (AvgIpc) is 2.71. The van der Waals surface area contributed by atoms with Crippen LogP contribution in [0.15, 0.2) is 54.6 Å². The molecule has 0 heterocycles. The molecule has 2 N–H and O–H groups in total. The Morgan fingerprint density at radius 1 is 1.03 bits per heavy atom. The maximum absolute atomic E-state index is 13.8. The second kappa shape index (κ2) is 9.16. The molecule has 0 fully saturated rings. The molecule has 10 heteroatoms. The molecular weight excluding hydrogens is 450 g/mol. The van der Waals surface area contributed by atoms with Crippen LogP contribution in [0.25, 0.3) is 4.85 Å². The van der Waals surface area contributed by atoms with Crippen LogP contribution in [0.1, 0.15) is 11.1 Å². The highest BCUT2D eigenvalue weighted by molar-refractivity contribution is 6.31. The minimum absolute atomic E-state index is 0.0989. The maximum Gasteiger partial charge on any atom is 0.417 e. The Labute approximate surface area is 185 Å². The van der Waals surface area contributed by atoms with Gasteiger partial charge in [-0.25, -0.2) is 14.0 Å². The van der Waals surface area contributed by atoms with Gasteiger partial charge in [-0.1, -0.05) is 17.7 Å². The zero-order valence-corrected chi connectivity index (χ0v) is 17.1. The number of ether oxygens (including phenoxy) is 1. The number of rotatable bonds is 4. The quantitative estimate of drug-likeness (QED) is 0.306. The summed E-state index contributed by atoms with van der Waals surface area (Å²) >= 11 is 5.57. The fraction of sp³-hybridized carbons (Fsp3) is 0.0909. The number of carbonyl (C=O) groups is 1. The lowest BCUT2D eigenvalue weighted by Gasteiger charge is -2.14. The SMILES string of the molecule is [C-]#[N+]c1ccc(Oc2cc(NC(=O)Nc3ccc(Cl)c(C(F)(F)F)c3)ccc2C)cc1F. The number of hydrogen-bond donors (Lipinski definition) is 2. The van der Waals surface area contributed by atoms with Gasteiger partial charge in [-0.2, -0.15) is 13.2 Å². The van der Waals surface area contributed by atoms with Crippen molar-refractivity contribution >= 4 is 34.7 Å². The molecule has 32 heavy (non-hydrogen) atoms. The third-order valence-electron chi connectivity index (χ3n) is 4.24. The number of hydrogen-bond acceptors (Lipinski definition) is 2. The number of aryl methyl sites for hydroxylation is 1. The number of nitrogens with one attached hydrogen (secondary N) is 2. The van der Waals surface area contributed by atoms with E-state index in [9.17, 15) is 22.4 Å². The summed E-state index contributed by atoms with van der Waals surface area (Å²) in [5, 5.41) is 4.31. The highest BCUT2D eigenvalue weighted by Crippen LogP contribution is 2.36. The summed E-state index contributed by atoms with van der Waals surface area (Å²) in [5.74, 6) is -0.269. The first kappa shape index (κ1) is 22.9. The first-order valence-corrected chi connectivity index (χ1v) is 9.35. The second-order valence-corrected chi connectivity index (χ2v) is 6.99. The molecule has 3 rings (SSSR count). The molecule has 0 saturated heterocycles. The van der Waals surface area contributed by atoms with E-state index in [1.807, 2.05) is 0 Å². The van der Waals surface area contributed by atoms with Crippen molar-refractivity contribution in [1.82, 2.24) is 0 Å². The molecule has 0 aliphatic carbocycles. The Balaban J connectivity index is 1.74. The van der Waals surface area contributed by atoms with Crippen LogP contribution >= 0.6 is 11.6 Å². The van der Waals surface area contributed by atoms with Crippen LogP contribution in [-0.4, -0.2) is 6.03 Å². The topological polar surface area (TPSA) is 54.7 Å². The van der Waals surface area contributed by atoms with Gasteiger partial charge in [0.15, 0.2) is 0 Å². The Morgan fingerprint density at radius 2 is 1.69 bits per heavy atom. The van der Waals surface area contributed by atoms with Crippen molar-refractivity contribution in [3.63, 3.8) is 0 Å². The Morgan fingerprint density at radius 3 is 2.31 bits per heavy atom. The van der Waals surface area contributed by atoms with Gasteiger partial charge in [0.25, 0.3) is 0 Å². The van der Waals surface area contributed by atoms with Crippen LogP contribution in [0.5, 0.6) is 11.5 Å². The first-order chi connectivity index (χ1) is 15.1. The molecule has 2 amide bonds. The van der Waals surface area contributed by atoms with E-state index in [-0.39, 0.29) is 22.8 Å². The van der Waals surface area contributed by atoms with Crippen molar-refractivity contribution in [3.05, 3.63) is 88.0 Å². The lowest BCUT2D eigenvalue weighted by molar-refractivity contribution is -0.137. The van der Waals surface area contributed by atoms with Crippen molar-refractivity contribution < 1.29 is 27.1 Å². The molecule has 3 aromatic rings. The first-order valence-electron chi connectivity index (χ1n) is 8.97. The van der Waals surface area contributed by atoms with Crippen LogP contribution in [0.3, 0.4) is 0 Å². The second-order valence-electron chi connectivity index (χ2n) is 6.58. The molecule has 0 aliphatic heterocycles. The van der Waals surface area contributed by atoms with Gasteiger partial charge >= 0.3 is 12.2 Å². The van der Waals surface area contributed by atoms with Gasteiger partial charge in [0.1, 0.15) is 17.3 Å². The molecule has 0 radical (unpaired) electrons. The summed E-state index contributed by atoms with van der Waals surface area (Å²) in [6, 6.07) is 10.7. The van der Waals surface area contributed by atoms with E-state index in [0.29, 0.717) is 11.3 Å². The lowest BCUT2D eigenvalue weighted by atomic mass is 10.2. The van der Waals surface area contributed by atoms with Gasteiger partial charge in [0.05, 0.1) is 17.2 Å². The smallest absolute Gasteiger partial charge is 0.417 e. The Bertz CT molecular complexity index is 1220. The summed E-state index contributed by atoms with van der Waals surface area (Å²) in [7, 11) is 0. The van der Waals surface area contributed by atoms with Gasteiger partial charge in [-0.05, 0) is 48.9 Å². The lowest BCUT2D eigenvalue weighted by Crippen LogP contribution is -2.20. The van der Waals surface area contributed by atoms with E-state index in [2.05, 4.69) is 15.5 Å². The number of anilines is 2. The van der Waals surface area contributed by atoms with Gasteiger partial charge in [0, 0.05) is 23.5 Å². The van der Waals surface area contributed by atoms with Crippen LogP contribution in [0.4, 0.5) is 39.4 Å². The third-order valence-corrected chi connectivity index (χ3v) is 4.57. The zero-order chi connectivity index (χ0) is 23.5. The van der Waals surface area contributed by atoms with Crippen molar-refractivity contribution in [2.24, 2.45) is 0 Å². The summed E-state index contributed by atoms with van der Waals surface area (Å²) in [5.41, 5.74) is -0.348. The van der Waals surface area contributed by atoms with E-state index in [1.54, 1.807) is 19.1 Å². The molecular formula is C22H14ClF4N3O2. The molecule has 164 valence electrons. The maximum atomic E-state index is 13.8. The van der Waals surface area contributed by atoms with Crippen LogP contribution in [-0.2, 0) is 6.18 Å². The van der Waals surface area contributed by atoms with Crippen molar-refractivity contribution in [2.45, 2.75) is 13.1 Å². The molecule has 0 aromatic heterocycles. The van der Waals surface area contributed by atoms with E-state index in [0.717, 1.165) is 18.2 Å². The number of amides is 2. The summed E-state index contributed by atoms with van der Waals surface area (Å²) < 4.78 is 58.4. The van der Waals surface area contributed by atoms with Crippen LogP contribution in [0, 0.1) is 19.3 Å². The van der Waals surface area contributed by atoms with Crippen molar-refractivity contribution in [2.75, 3.05) is 10.6 Å². The molecule has 0 unspecified atom stereocenters. The fourth-order valence-electron chi connectivity index (χ4n) is 2.67. The standard InChI is InChI=1S/C22H14ClF4N3O2/c1-12-3-4-14(10-20(12)32-15-6-8-19(28-2)18(24)11-15)30-21(31)29-13-5-7-17(23)16(9-13)22(25,26)27/h3-11H,1H3,(H2,29,30,31). The van der Waals surface area contributed by atoms with E-state index in [1.165, 1.54) is 24.3 Å². The van der Waals surface area contributed by atoms with Gasteiger partial charge < -0.3 is 15.4 Å². The molecule has 0 aliphatic rings. The largest absolute Gasteiger partial charge is 0.457 e. The number of carbonyl (C=O) groups excluding carboxylic acids is 1. The van der Waals surface area contributed by atoms with Crippen molar-refractivity contribution in [3.8, 4) is 11.5 Å². The summed E-state index contributed by atoms with van der Waals surface area (Å²) in [6.45, 7) is 8.60. The van der Waals surface area contributed by atoms with Gasteiger partial charge in [0.2, 0.25) is 5.69 Å². The monoisotopic (exact) mass is 463 g/mol. The normalized spacial score (nSPS) is 10.9. The Kier molecular flexibility index (Phi) is 6.55. The molecule has 0 atom stereocenters. The van der Waals surface area contributed by atoms with Crippen LogP contribution < -0.4 is 15.4 Å². The molecule has 5 nitrogen and oxygen atoms in total. The zero-order valence-electron chi connectivity index (χ0n) is 16.3. The van der Waals surface area contributed by atoms with Gasteiger partial charge in [-0.3, -0.25) is 0 Å². The van der Waals surface area contributed by atoms with Gasteiger partial charge in [-0.15, -0.1) is 0 Å².